The molecule has 7 heteroatoms. The summed E-state index contributed by atoms with van der Waals surface area (Å²) >= 11 is 0. The zero-order valence-electron chi connectivity index (χ0n) is 14.8. The van der Waals surface area contributed by atoms with Gasteiger partial charge in [-0.1, -0.05) is 13.0 Å². The van der Waals surface area contributed by atoms with Gasteiger partial charge < -0.3 is 10.8 Å². The van der Waals surface area contributed by atoms with Crippen LogP contribution < -0.4 is 5.73 Å². The van der Waals surface area contributed by atoms with Crippen molar-refractivity contribution < 1.29 is 23.5 Å². The summed E-state index contributed by atoms with van der Waals surface area (Å²) in [5, 5.41) is 10.1. The molecule has 0 spiro atoms. The molecular formula is C20H18F2N2O3. The maximum absolute atomic E-state index is 14.0. The highest BCUT2D eigenvalue weighted by atomic mass is 19.1. The molecule has 0 bridgehead atoms. The second-order valence-electron chi connectivity index (χ2n) is 6.33. The quantitative estimate of drug-likeness (QED) is 0.734. The highest BCUT2D eigenvalue weighted by Crippen LogP contribution is 2.37. The van der Waals surface area contributed by atoms with Crippen LogP contribution in [0, 0.1) is 18.6 Å². The van der Waals surface area contributed by atoms with Gasteiger partial charge in [-0.05, 0) is 43.2 Å². The number of rotatable bonds is 4. The van der Waals surface area contributed by atoms with E-state index in [1.807, 2.05) is 0 Å². The Balaban J connectivity index is 2.36. The summed E-state index contributed by atoms with van der Waals surface area (Å²) in [5.74, 6) is -3.98. The second kappa shape index (κ2) is 6.83. The first-order chi connectivity index (χ1) is 12.8. The minimum absolute atomic E-state index is 0.0714. The van der Waals surface area contributed by atoms with Crippen LogP contribution in [0.2, 0.25) is 0 Å². The minimum atomic E-state index is -0.910. The molecule has 0 aliphatic carbocycles. The number of nitrogens with two attached hydrogens (primary N) is 1. The third-order valence-electron chi connectivity index (χ3n) is 4.70. The van der Waals surface area contributed by atoms with Gasteiger partial charge in [-0.25, -0.2) is 8.78 Å². The molecule has 0 saturated carbocycles. The summed E-state index contributed by atoms with van der Waals surface area (Å²) in [6, 6.07) is 7.32. The number of carbonyl (C=O) groups is 2. The minimum Gasteiger partial charge on any atom is -0.505 e. The molecule has 1 atom stereocenters. The lowest BCUT2D eigenvalue weighted by molar-refractivity contribution is -0.119. The molecule has 1 aromatic heterocycles. The average Bonchev–Trinajstić information content (AvgIpc) is 2.87. The number of aromatic nitrogens is 1. The molecule has 0 saturated heterocycles. The fraction of sp³-hybridized carbons (Fsp3) is 0.200. The third kappa shape index (κ3) is 3.05. The lowest BCUT2D eigenvalue weighted by Crippen LogP contribution is -2.22. The van der Waals surface area contributed by atoms with Crippen LogP contribution in [-0.4, -0.2) is 21.5 Å². The standard InChI is InChI=1S/C20H18F2N2O3/c1-3-13(19(23)26)18-10(2)24(16-9-15(22)17(25)8-14(16)18)20(27)11-5-4-6-12(21)7-11/h4-9,13,25H,3H2,1-2H3,(H2,23,26). The van der Waals surface area contributed by atoms with Crippen molar-refractivity contribution in [2.45, 2.75) is 26.2 Å². The highest BCUT2D eigenvalue weighted by Gasteiger charge is 2.28. The summed E-state index contributed by atoms with van der Waals surface area (Å²) in [6.07, 6.45) is 0.363. The summed E-state index contributed by atoms with van der Waals surface area (Å²) in [5.41, 5.74) is 6.58. The number of halogens is 2. The molecule has 5 nitrogen and oxygen atoms in total. The van der Waals surface area contributed by atoms with Gasteiger partial charge in [0.1, 0.15) is 5.82 Å². The summed E-state index contributed by atoms with van der Waals surface area (Å²) in [6.45, 7) is 3.36. The molecule has 0 radical (unpaired) electrons. The number of amides is 1. The van der Waals surface area contributed by atoms with Crippen LogP contribution in [0.25, 0.3) is 10.9 Å². The van der Waals surface area contributed by atoms with Gasteiger partial charge >= 0.3 is 0 Å². The lowest BCUT2D eigenvalue weighted by Gasteiger charge is -2.12. The first kappa shape index (κ1) is 18.6. The number of fused-ring (bicyclic) bond motifs is 1. The highest BCUT2D eigenvalue weighted by molar-refractivity contribution is 6.05. The van der Waals surface area contributed by atoms with Crippen LogP contribution in [0.1, 0.15) is 40.9 Å². The number of phenolic OH excluding ortho intramolecular Hbond substituents is 1. The number of aromatic hydroxyl groups is 1. The molecule has 3 rings (SSSR count). The zero-order chi connectivity index (χ0) is 19.9. The zero-order valence-corrected chi connectivity index (χ0v) is 14.8. The van der Waals surface area contributed by atoms with Gasteiger partial charge in [0.25, 0.3) is 5.91 Å². The number of primary amides is 1. The van der Waals surface area contributed by atoms with Crippen molar-refractivity contribution in [2.24, 2.45) is 5.73 Å². The lowest BCUT2D eigenvalue weighted by atomic mass is 9.93. The summed E-state index contributed by atoms with van der Waals surface area (Å²) in [4.78, 5) is 24.9. The van der Waals surface area contributed by atoms with Gasteiger partial charge in [0, 0.05) is 22.7 Å². The predicted molar refractivity (Wildman–Crippen MR) is 96.7 cm³/mol. The van der Waals surface area contributed by atoms with E-state index in [4.69, 9.17) is 5.73 Å². The molecule has 0 aliphatic heterocycles. The van der Waals surface area contributed by atoms with Crippen LogP contribution >= 0.6 is 0 Å². The van der Waals surface area contributed by atoms with Crippen molar-refractivity contribution in [1.29, 1.82) is 0 Å². The van der Waals surface area contributed by atoms with E-state index in [1.165, 1.54) is 28.8 Å². The molecule has 0 aliphatic rings. The largest absolute Gasteiger partial charge is 0.505 e. The molecule has 1 amide bonds. The van der Waals surface area contributed by atoms with E-state index in [0.29, 0.717) is 23.1 Å². The number of carbonyl (C=O) groups excluding carboxylic acids is 2. The number of nitrogens with zero attached hydrogens (tertiary/aromatic N) is 1. The Hall–Kier alpha value is -3.22. The van der Waals surface area contributed by atoms with Crippen molar-refractivity contribution in [3.63, 3.8) is 0 Å². The molecule has 1 heterocycles. The molecular weight excluding hydrogens is 354 g/mol. The van der Waals surface area contributed by atoms with Crippen LogP contribution in [0.3, 0.4) is 0 Å². The Labute approximate surface area is 154 Å². The van der Waals surface area contributed by atoms with Crippen LogP contribution in [0.5, 0.6) is 5.75 Å². The predicted octanol–water partition coefficient (Wildman–Crippen LogP) is 3.60. The van der Waals surface area contributed by atoms with Crippen LogP contribution in [-0.2, 0) is 4.79 Å². The van der Waals surface area contributed by atoms with Crippen molar-refractivity contribution >= 4 is 22.7 Å². The Kier molecular flexibility index (Phi) is 4.70. The fourth-order valence-corrected chi connectivity index (χ4v) is 3.45. The SMILES string of the molecule is CCC(C(N)=O)c1c(C)n(C(=O)c2cccc(F)c2)c2cc(F)c(O)cc12. The van der Waals surface area contributed by atoms with E-state index in [0.717, 1.165) is 12.1 Å². The molecule has 27 heavy (non-hydrogen) atoms. The molecule has 1 unspecified atom stereocenters. The topological polar surface area (TPSA) is 85.3 Å². The number of hydrogen-bond acceptors (Lipinski definition) is 3. The van der Waals surface area contributed by atoms with Crippen molar-refractivity contribution in [3.8, 4) is 5.75 Å². The van der Waals surface area contributed by atoms with Gasteiger partial charge in [0.2, 0.25) is 5.91 Å². The van der Waals surface area contributed by atoms with Gasteiger partial charge in [0.05, 0.1) is 11.4 Å². The number of hydrogen-bond donors (Lipinski definition) is 2. The third-order valence-corrected chi connectivity index (χ3v) is 4.70. The number of phenols is 1. The van der Waals surface area contributed by atoms with E-state index in [9.17, 15) is 23.5 Å². The van der Waals surface area contributed by atoms with Crippen molar-refractivity contribution in [1.82, 2.24) is 4.57 Å². The molecule has 3 N–H and O–H groups in total. The van der Waals surface area contributed by atoms with E-state index in [1.54, 1.807) is 13.8 Å². The molecule has 2 aromatic carbocycles. The molecule has 3 aromatic rings. The van der Waals surface area contributed by atoms with Gasteiger partial charge in [-0.15, -0.1) is 0 Å². The maximum Gasteiger partial charge on any atom is 0.262 e. The average molecular weight is 372 g/mol. The van der Waals surface area contributed by atoms with E-state index >= 15 is 0 Å². The summed E-state index contributed by atoms with van der Waals surface area (Å²) < 4.78 is 28.8. The first-order valence-corrected chi connectivity index (χ1v) is 8.39. The fourth-order valence-electron chi connectivity index (χ4n) is 3.45. The molecule has 0 fully saturated rings. The maximum atomic E-state index is 14.0. The first-order valence-electron chi connectivity index (χ1n) is 8.39. The molecule has 140 valence electrons. The normalized spacial score (nSPS) is 12.3. The van der Waals surface area contributed by atoms with Gasteiger partial charge in [-0.3, -0.25) is 14.2 Å². The smallest absolute Gasteiger partial charge is 0.262 e. The van der Waals surface area contributed by atoms with E-state index < -0.39 is 35.1 Å². The summed E-state index contributed by atoms with van der Waals surface area (Å²) in [7, 11) is 0. The second-order valence-corrected chi connectivity index (χ2v) is 6.33. The Morgan fingerprint density at radius 1 is 1.22 bits per heavy atom. The van der Waals surface area contributed by atoms with E-state index in [2.05, 4.69) is 0 Å². The van der Waals surface area contributed by atoms with Crippen LogP contribution in [0.4, 0.5) is 8.78 Å². The Bertz CT molecular complexity index is 1070. The Morgan fingerprint density at radius 2 is 1.93 bits per heavy atom. The van der Waals surface area contributed by atoms with Crippen LogP contribution in [0.15, 0.2) is 36.4 Å². The van der Waals surface area contributed by atoms with Crippen molar-refractivity contribution in [3.05, 3.63) is 64.9 Å². The van der Waals surface area contributed by atoms with Gasteiger partial charge in [-0.2, -0.15) is 0 Å². The van der Waals surface area contributed by atoms with E-state index in [-0.39, 0.29) is 11.1 Å². The Morgan fingerprint density at radius 3 is 2.52 bits per heavy atom. The number of benzene rings is 2. The van der Waals surface area contributed by atoms with Gasteiger partial charge in [0.15, 0.2) is 11.6 Å². The monoisotopic (exact) mass is 372 g/mol. The van der Waals surface area contributed by atoms with Crippen molar-refractivity contribution in [2.75, 3.05) is 0 Å².